The molecule has 96 valence electrons. The molecule has 3 rings (SSSR count). The summed E-state index contributed by atoms with van der Waals surface area (Å²) in [5.41, 5.74) is 1.74. The van der Waals surface area contributed by atoms with Crippen molar-refractivity contribution >= 4 is 11.0 Å². The molecular weight excluding hydrogens is 240 g/mol. The molecule has 5 heteroatoms. The molecule has 0 unspecified atom stereocenters. The Kier molecular flexibility index (Phi) is 2.87. The van der Waals surface area contributed by atoms with Crippen molar-refractivity contribution in [3.05, 3.63) is 42.4 Å². The van der Waals surface area contributed by atoms with E-state index in [2.05, 4.69) is 15.1 Å². The van der Waals surface area contributed by atoms with E-state index in [1.807, 2.05) is 44.2 Å². The van der Waals surface area contributed by atoms with Crippen molar-refractivity contribution < 1.29 is 4.74 Å². The molecule has 2 heterocycles. The van der Waals surface area contributed by atoms with Gasteiger partial charge in [-0.1, -0.05) is 18.2 Å². The lowest BCUT2D eigenvalue weighted by atomic mass is 10.3. The quantitative estimate of drug-likeness (QED) is 0.720. The zero-order valence-electron chi connectivity index (χ0n) is 10.9. The second-order valence-electron chi connectivity index (χ2n) is 4.14. The molecule has 5 nitrogen and oxygen atoms in total. The van der Waals surface area contributed by atoms with Crippen molar-refractivity contribution in [3.8, 4) is 11.6 Å². The van der Waals surface area contributed by atoms with Crippen molar-refractivity contribution in [2.75, 3.05) is 6.61 Å². The summed E-state index contributed by atoms with van der Waals surface area (Å²) in [6, 6.07) is 9.90. The van der Waals surface area contributed by atoms with Gasteiger partial charge in [-0.15, -0.1) is 0 Å². The normalized spacial score (nSPS) is 10.8. The molecule has 0 spiro atoms. The van der Waals surface area contributed by atoms with Gasteiger partial charge in [-0.2, -0.15) is 10.1 Å². The Bertz CT molecular complexity index is 706. The first-order valence-corrected chi connectivity index (χ1v) is 6.20. The van der Waals surface area contributed by atoms with Crippen LogP contribution in [-0.4, -0.2) is 26.4 Å². The number of aryl methyl sites for hydroxylation is 1. The van der Waals surface area contributed by atoms with E-state index in [-0.39, 0.29) is 0 Å². The maximum atomic E-state index is 5.54. The molecular formula is C14H14N4O. The predicted octanol–water partition coefficient (Wildman–Crippen LogP) is 2.52. The smallest absolute Gasteiger partial charge is 0.228 e. The monoisotopic (exact) mass is 254 g/mol. The minimum atomic E-state index is 0.571. The summed E-state index contributed by atoms with van der Waals surface area (Å²) in [4.78, 5) is 8.78. The fourth-order valence-electron chi connectivity index (χ4n) is 1.99. The Labute approximate surface area is 110 Å². The van der Waals surface area contributed by atoms with Gasteiger partial charge < -0.3 is 4.74 Å². The zero-order valence-corrected chi connectivity index (χ0v) is 10.9. The molecule has 0 fully saturated rings. The number of para-hydroxylation sites is 1. The van der Waals surface area contributed by atoms with Crippen LogP contribution in [0.2, 0.25) is 0 Å². The standard InChI is InChI=1S/C14H14N4O/c1-3-19-14-12-9-15-18(11-7-5-4-6-8-11)13(12)16-10(2)17-14/h4-9H,3H2,1-2H3. The molecule has 0 aliphatic rings. The van der Waals surface area contributed by atoms with Crippen LogP contribution < -0.4 is 4.74 Å². The van der Waals surface area contributed by atoms with Gasteiger partial charge in [0, 0.05) is 0 Å². The number of hydrogen-bond acceptors (Lipinski definition) is 4. The average Bonchev–Trinajstić information content (AvgIpc) is 2.84. The molecule has 0 saturated heterocycles. The summed E-state index contributed by atoms with van der Waals surface area (Å²) in [5.74, 6) is 1.26. The van der Waals surface area contributed by atoms with Crippen LogP contribution in [0.25, 0.3) is 16.7 Å². The molecule has 0 bridgehead atoms. The van der Waals surface area contributed by atoms with E-state index in [1.54, 1.807) is 10.9 Å². The lowest BCUT2D eigenvalue weighted by Gasteiger charge is -2.06. The summed E-state index contributed by atoms with van der Waals surface area (Å²) < 4.78 is 7.34. The Balaban J connectivity index is 2.23. The third-order valence-corrected chi connectivity index (χ3v) is 2.79. The van der Waals surface area contributed by atoms with E-state index in [4.69, 9.17) is 4.74 Å². The van der Waals surface area contributed by atoms with Crippen LogP contribution in [0.3, 0.4) is 0 Å². The van der Waals surface area contributed by atoms with Crippen LogP contribution in [0.1, 0.15) is 12.7 Å². The van der Waals surface area contributed by atoms with E-state index in [9.17, 15) is 0 Å². The molecule has 0 aliphatic carbocycles. The Morgan fingerprint density at radius 1 is 1.16 bits per heavy atom. The van der Waals surface area contributed by atoms with Gasteiger partial charge in [-0.05, 0) is 26.0 Å². The largest absolute Gasteiger partial charge is 0.477 e. The molecule has 0 amide bonds. The number of rotatable bonds is 3. The molecule has 0 saturated carbocycles. The van der Waals surface area contributed by atoms with Crippen molar-refractivity contribution in [1.29, 1.82) is 0 Å². The minimum absolute atomic E-state index is 0.571. The van der Waals surface area contributed by atoms with Crippen molar-refractivity contribution in [1.82, 2.24) is 19.7 Å². The molecule has 1 aromatic carbocycles. The first-order valence-electron chi connectivity index (χ1n) is 6.20. The number of ether oxygens (including phenoxy) is 1. The van der Waals surface area contributed by atoms with Gasteiger partial charge in [0.05, 0.1) is 18.5 Å². The zero-order chi connectivity index (χ0) is 13.2. The molecule has 2 aromatic heterocycles. The lowest BCUT2D eigenvalue weighted by molar-refractivity contribution is 0.330. The predicted molar refractivity (Wildman–Crippen MR) is 72.6 cm³/mol. The lowest BCUT2D eigenvalue weighted by Crippen LogP contribution is -2.01. The van der Waals surface area contributed by atoms with Crippen molar-refractivity contribution in [3.63, 3.8) is 0 Å². The van der Waals surface area contributed by atoms with Crippen LogP contribution in [-0.2, 0) is 0 Å². The number of benzene rings is 1. The summed E-state index contributed by atoms with van der Waals surface area (Å²) in [5, 5.41) is 5.21. The Morgan fingerprint density at radius 3 is 2.68 bits per heavy atom. The van der Waals surface area contributed by atoms with Crippen LogP contribution in [0.4, 0.5) is 0 Å². The van der Waals surface area contributed by atoms with Gasteiger partial charge in [0.25, 0.3) is 0 Å². The van der Waals surface area contributed by atoms with Gasteiger partial charge >= 0.3 is 0 Å². The number of aromatic nitrogens is 4. The van der Waals surface area contributed by atoms with Crippen LogP contribution in [0, 0.1) is 6.92 Å². The maximum Gasteiger partial charge on any atom is 0.228 e. The van der Waals surface area contributed by atoms with Crippen molar-refractivity contribution in [2.24, 2.45) is 0 Å². The number of hydrogen-bond donors (Lipinski definition) is 0. The fourth-order valence-corrected chi connectivity index (χ4v) is 1.99. The molecule has 0 N–H and O–H groups in total. The van der Waals surface area contributed by atoms with Gasteiger partial charge in [0.2, 0.25) is 5.88 Å². The highest BCUT2D eigenvalue weighted by atomic mass is 16.5. The van der Waals surface area contributed by atoms with E-state index < -0.39 is 0 Å². The Hall–Kier alpha value is -2.43. The average molecular weight is 254 g/mol. The maximum absolute atomic E-state index is 5.54. The van der Waals surface area contributed by atoms with Gasteiger partial charge in [0.15, 0.2) is 5.65 Å². The number of fused-ring (bicyclic) bond motifs is 1. The Morgan fingerprint density at radius 2 is 1.95 bits per heavy atom. The topological polar surface area (TPSA) is 52.8 Å². The van der Waals surface area contributed by atoms with Crippen LogP contribution >= 0.6 is 0 Å². The first kappa shape index (κ1) is 11.6. The third-order valence-electron chi connectivity index (χ3n) is 2.79. The van der Waals surface area contributed by atoms with E-state index >= 15 is 0 Å². The summed E-state index contributed by atoms with van der Waals surface area (Å²) in [7, 11) is 0. The molecule has 19 heavy (non-hydrogen) atoms. The first-order chi connectivity index (χ1) is 9.29. The SMILES string of the molecule is CCOc1nc(C)nc2c1cnn2-c1ccccc1. The fraction of sp³-hybridized carbons (Fsp3) is 0.214. The second kappa shape index (κ2) is 4.68. The summed E-state index contributed by atoms with van der Waals surface area (Å²) in [6.45, 7) is 4.36. The van der Waals surface area contributed by atoms with Gasteiger partial charge in [0.1, 0.15) is 11.2 Å². The van der Waals surface area contributed by atoms with E-state index in [1.165, 1.54) is 0 Å². The third kappa shape index (κ3) is 2.03. The van der Waals surface area contributed by atoms with Gasteiger partial charge in [-0.25, -0.2) is 9.67 Å². The summed E-state index contributed by atoms with van der Waals surface area (Å²) in [6.07, 6.45) is 1.74. The molecule has 0 aliphatic heterocycles. The second-order valence-corrected chi connectivity index (χ2v) is 4.14. The highest BCUT2D eigenvalue weighted by Crippen LogP contribution is 2.24. The molecule has 0 radical (unpaired) electrons. The van der Waals surface area contributed by atoms with Crippen molar-refractivity contribution in [2.45, 2.75) is 13.8 Å². The summed E-state index contributed by atoms with van der Waals surface area (Å²) >= 11 is 0. The highest BCUT2D eigenvalue weighted by Gasteiger charge is 2.13. The van der Waals surface area contributed by atoms with E-state index in [0.29, 0.717) is 18.3 Å². The van der Waals surface area contributed by atoms with Gasteiger partial charge in [-0.3, -0.25) is 0 Å². The highest BCUT2D eigenvalue weighted by molar-refractivity contribution is 5.81. The minimum Gasteiger partial charge on any atom is -0.477 e. The number of nitrogens with zero attached hydrogens (tertiary/aromatic N) is 4. The van der Waals surface area contributed by atoms with Crippen LogP contribution in [0.15, 0.2) is 36.5 Å². The molecule has 0 atom stereocenters. The van der Waals surface area contributed by atoms with E-state index in [0.717, 1.165) is 16.7 Å². The molecule has 3 aromatic rings. The van der Waals surface area contributed by atoms with Crippen LogP contribution in [0.5, 0.6) is 5.88 Å².